The van der Waals surface area contributed by atoms with Crippen molar-refractivity contribution in [2.45, 2.75) is 46.0 Å². The van der Waals surface area contributed by atoms with Crippen molar-refractivity contribution in [1.82, 2.24) is 15.5 Å². The molecule has 1 aromatic rings. The summed E-state index contributed by atoms with van der Waals surface area (Å²) < 4.78 is 5.34. The van der Waals surface area contributed by atoms with E-state index in [9.17, 15) is 4.79 Å². The molecule has 0 aromatic carbocycles. The number of rotatable bonds is 11. The number of hydrogen-bond acceptors (Lipinski definition) is 3. The molecule has 2 N–H and O–H groups in total. The molecule has 1 aromatic heterocycles. The highest BCUT2D eigenvalue weighted by Gasteiger charge is 2.09. The molecule has 0 fully saturated rings. The van der Waals surface area contributed by atoms with Gasteiger partial charge in [-0.1, -0.05) is 33.1 Å². The van der Waals surface area contributed by atoms with Crippen molar-refractivity contribution in [2.24, 2.45) is 10.9 Å². The normalized spacial score (nSPS) is 12.7. The molecule has 0 bridgehead atoms. The van der Waals surface area contributed by atoms with Crippen LogP contribution in [-0.4, -0.2) is 50.5 Å². The molecule has 0 saturated heterocycles. The molecular formula is C19H34N4O2. The van der Waals surface area contributed by atoms with Gasteiger partial charge in [-0.2, -0.15) is 0 Å². The lowest BCUT2D eigenvalue weighted by atomic mass is 9.99. The van der Waals surface area contributed by atoms with Gasteiger partial charge in [0.1, 0.15) is 12.3 Å². The molecule has 142 valence electrons. The van der Waals surface area contributed by atoms with Crippen molar-refractivity contribution in [3.8, 4) is 0 Å². The summed E-state index contributed by atoms with van der Waals surface area (Å²) in [5.74, 6) is 2.24. The van der Waals surface area contributed by atoms with Gasteiger partial charge in [0.2, 0.25) is 5.91 Å². The second-order valence-corrected chi connectivity index (χ2v) is 6.51. The molecule has 1 unspecified atom stereocenters. The Kier molecular flexibility index (Phi) is 10.4. The number of amides is 1. The molecule has 1 rings (SSSR count). The molecule has 1 atom stereocenters. The zero-order valence-electron chi connectivity index (χ0n) is 16.2. The Balaban J connectivity index is 2.53. The van der Waals surface area contributed by atoms with E-state index < -0.39 is 0 Å². The minimum absolute atomic E-state index is 0.00911. The van der Waals surface area contributed by atoms with Gasteiger partial charge in [0, 0.05) is 33.6 Å². The van der Waals surface area contributed by atoms with E-state index in [2.05, 4.69) is 29.5 Å². The maximum absolute atomic E-state index is 11.8. The molecule has 0 saturated carbocycles. The highest BCUT2D eigenvalue weighted by molar-refractivity contribution is 5.84. The summed E-state index contributed by atoms with van der Waals surface area (Å²) in [6, 6.07) is 3.84. The molecule has 0 spiro atoms. The summed E-state index contributed by atoms with van der Waals surface area (Å²) in [6.07, 6.45) is 7.29. The molecule has 0 aliphatic heterocycles. The van der Waals surface area contributed by atoms with Crippen LogP contribution in [0, 0.1) is 5.92 Å². The van der Waals surface area contributed by atoms with Crippen LogP contribution in [0.3, 0.4) is 0 Å². The van der Waals surface area contributed by atoms with Gasteiger partial charge in [0.15, 0.2) is 5.96 Å². The smallest absolute Gasteiger partial charge is 0.243 e. The van der Waals surface area contributed by atoms with Crippen LogP contribution >= 0.6 is 0 Å². The van der Waals surface area contributed by atoms with E-state index in [1.54, 1.807) is 25.3 Å². The van der Waals surface area contributed by atoms with Crippen LogP contribution in [0.5, 0.6) is 0 Å². The zero-order chi connectivity index (χ0) is 18.5. The molecule has 1 heterocycles. The van der Waals surface area contributed by atoms with E-state index in [0.29, 0.717) is 18.4 Å². The third-order valence-electron chi connectivity index (χ3n) is 4.22. The van der Waals surface area contributed by atoms with E-state index in [4.69, 9.17) is 4.42 Å². The van der Waals surface area contributed by atoms with Crippen LogP contribution < -0.4 is 10.6 Å². The lowest BCUT2D eigenvalue weighted by Crippen LogP contribution is -2.41. The fraction of sp³-hybridized carbons (Fsp3) is 0.684. The van der Waals surface area contributed by atoms with Gasteiger partial charge in [-0.3, -0.25) is 4.79 Å². The Morgan fingerprint density at radius 1 is 1.32 bits per heavy atom. The summed E-state index contributed by atoms with van der Waals surface area (Å²) in [7, 11) is 3.49. The number of nitrogens with zero attached hydrogens (tertiary/aromatic N) is 2. The van der Waals surface area contributed by atoms with Crippen LogP contribution in [-0.2, 0) is 11.2 Å². The Labute approximate surface area is 152 Å². The Bertz CT molecular complexity index is 498. The lowest BCUT2D eigenvalue weighted by molar-refractivity contribution is -0.127. The van der Waals surface area contributed by atoms with Crippen LogP contribution in [0.25, 0.3) is 0 Å². The predicted octanol–water partition coefficient (Wildman–Crippen LogP) is 2.66. The number of hydrogen-bond donors (Lipinski definition) is 2. The monoisotopic (exact) mass is 350 g/mol. The number of nitrogens with one attached hydrogen (secondary N) is 2. The maximum Gasteiger partial charge on any atom is 0.243 e. The summed E-state index contributed by atoms with van der Waals surface area (Å²) in [5, 5.41) is 6.69. The number of likely N-dealkylation sites (N-methyl/N-ethyl adjacent to an activating group) is 1. The molecule has 6 nitrogen and oxygen atoms in total. The first-order chi connectivity index (χ1) is 12.1. The van der Waals surface area contributed by atoms with Gasteiger partial charge in [-0.15, -0.1) is 0 Å². The predicted molar refractivity (Wildman–Crippen MR) is 103 cm³/mol. The highest BCUT2D eigenvalue weighted by Crippen LogP contribution is 2.11. The topological polar surface area (TPSA) is 69.9 Å². The van der Waals surface area contributed by atoms with E-state index in [-0.39, 0.29) is 12.5 Å². The number of guanidine groups is 1. The van der Waals surface area contributed by atoms with Gasteiger partial charge in [0.25, 0.3) is 0 Å². The van der Waals surface area contributed by atoms with Gasteiger partial charge in [-0.25, -0.2) is 4.99 Å². The van der Waals surface area contributed by atoms with E-state index in [1.807, 2.05) is 12.1 Å². The van der Waals surface area contributed by atoms with Crippen LogP contribution in [0.1, 0.15) is 45.3 Å². The molecule has 1 amide bonds. The first-order valence-electron chi connectivity index (χ1n) is 9.31. The Morgan fingerprint density at radius 3 is 2.72 bits per heavy atom. The number of carbonyl (C=O) groups is 1. The quantitative estimate of drug-likeness (QED) is 0.475. The average Bonchev–Trinajstić information content (AvgIpc) is 3.12. The Hall–Kier alpha value is -1.98. The van der Waals surface area contributed by atoms with Crippen molar-refractivity contribution in [3.63, 3.8) is 0 Å². The van der Waals surface area contributed by atoms with Crippen LogP contribution in [0.15, 0.2) is 27.8 Å². The summed E-state index contributed by atoms with van der Waals surface area (Å²) in [4.78, 5) is 17.8. The molecule has 25 heavy (non-hydrogen) atoms. The highest BCUT2D eigenvalue weighted by atomic mass is 16.3. The summed E-state index contributed by atoms with van der Waals surface area (Å²) in [5.41, 5.74) is 0. The minimum atomic E-state index is -0.00911. The van der Waals surface area contributed by atoms with Crippen molar-refractivity contribution >= 4 is 11.9 Å². The minimum Gasteiger partial charge on any atom is -0.469 e. The van der Waals surface area contributed by atoms with Crippen LogP contribution in [0.4, 0.5) is 0 Å². The molecule has 0 aliphatic rings. The van der Waals surface area contributed by atoms with Crippen molar-refractivity contribution < 1.29 is 9.21 Å². The lowest BCUT2D eigenvalue weighted by Gasteiger charge is -2.18. The van der Waals surface area contributed by atoms with Gasteiger partial charge >= 0.3 is 0 Å². The van der Waals surface area contributed by atoms with Gasteiger partial charge < -0.3 is 20.0 Å². The van der Waals surface area contributed by atoms with E-state index in [0.717, 1.165) is 25.1 Å². The molecule has 6 heteroatoms. The van der Waals surface area contributed by atoms with E-state index in [1.165, 1.54) is 19.3 Å². The SMILES string of the molecule is CCCCC(CC)CNC(=NCC(=O)N(C)C)NCCc1ccco1. The molecule has 0 aliphatic carbocycles. The van der Waals surface area contributed by atoms with Crippen LogP contribution in [0.2, 0.25) is 0 Å². The molecule has 0 radical (unpaired) electrons. The van der Waals surface area contributed by atoms with Crippen molar-refractivity contribution in [3.05, 3.63) is 24.2 Å². The van der Waals surface area contributed by atoms with E-state index >= 15 is 0 Å². The summed E-state index contributed by atoms with van der Waals surface area (Å²) >= 11 is 0. The largest absolute Gasteiger partial charge is 0.469 e. The Morgan fingerprint density at radius 2 is 2.12 bits per heavy atom. The maximum atomic E-state index is 11.8. The molecular weight excluding hydrogens is 316 g/mol. The number of carbonyl (C=O) groups excluding carboxylic acids is 1. The number of unbranched alkanes of at least 4 members (excludes halogenated alkanes) is 1. The standard InChI is InChI=1S/C19H34N4O2/c1-5-7-9-16(6-2)14-21-19(22-15-18(24)23(3)4)20-12-11-17-10-8-13-25-17/h8,10,13,16H,5-7,9,11-12,14-15H2,1-4H3,(H2,20,21,22). The fourth-order valence-corrected chi connectivity index (χ4v) is 2.41. The third-order valence-corrected chi connectivity index (χ3v) is 4.22. The fourth-order valence-electron chi connectivity index (χ4n) is 2.41. The number of aliphatic imine (C=N–C) groups is 1. The zero-order valence-corrected chi connectivity index (χ0v) is 16.2. The second kappa shape index (κ2) is 12.4. The average molecular weight is 351 g/mol. The first-order valence-corrected chi connectivity index (χ1v) is 9.31. The first kappa shape index (κ1) is 21.1. The van der Waals surface area contributed by atoms with Gasteiger partial charge in [0.05, 0.1) is 6.26 Å². The van der Waals surface area contributed by atoms with Crippen molar-refractivity contribution in [2.75, 3.05) is 33.7 Å². The van der Waals surface area contributed by atoms with Crippen molar-refractivity contribution in [1.29, 1.82) is 0 Å². The number of furan rings is 1. The third kappa shape index (κ3) is 9.17. The van der Waals surface area contributed by atoms with Gasteiger partial charge in [-0.05, 0) is 24.5 Å². The summed E-state index contributed by atoms with van der Waals surface area (Å²) in [6.45, 7) is 6.17. The second-order valence-electron chi connectivity index (χ2n) is 6.51.